The first kappa shape index (κ1) is 10.4. The van der Waals surface area contributed by atoms with Gasteiger partial charge in [-0.15, -0.1) is 11.3 Å². The Balaban J connectivity index is 2.22. The molecule has 2 aromatic heterocycles. The third-order valence-corrected chi connectivity index (χ3v) is 2.90. The van der Waals surface area contributed by atoms with E-state index >= 15 is 0 Å². The van der Waals surface area contributed by atoms with Gasteiger partial charge in [-0.3, -0.25) is 9.89 Å². The van der Waals surface area contributed by atoms with Crippen LogP contribution < -0.4 is 5.32 Å². The monoisotopic (exact) mass is 232 g/mol. The van der Waals surface area contributed by atoms with Crippen molar-refractivity contribution in [3.8, 4) is 6.07 Å². The molecule has 0 spiro atoms. The van der Waals surface area contributed by atoms with Crippen LogP contribution in [0.15, 0.2) is 17.5 Å². The summed E-state index contributed by atoms with van der Waals surface area (Å²) in [7, 11) is 0. The van der Waals surface area contributed by atoms with Crippen LogP contribution in [0.1, 0.15) is 20.9 Å². The lowest BCUT2D eigenvalue weighted by atomic mass is 10.2. The lowest BCUT2D eigenvalue weighted by Crippen LogP contribution is -2.11. The first-order valence-electron chi connectivity index (χ1n) is 4.52. The number of aromatic nitrogens is 2. The Hall–Kier alpha value is -2.13. The quantitative estimate of drug-likeness (QED) is 0.829. The predicted octanol–water partition coefficient (Wildman–Crippen LogP) is 1.90. The van der Waals surface area contributed by atoms with E-state index in [0.29, 0.717) is 16.1 Å². The summed E-state index contributed by atoms with van der Waals surface area (Å²) in [5.41, 5.74) is 1.01. The Morgan fingerprint density at radius 1 is 1.69 bits per heavy atom. The summed E-state index contributed by atoms with van der Waals surface area (Å²) in [5.74, 6) is 0.0244. The molecule has 0 atom stereocenters. The molecule has 0 saturated carbocycles. The van der Waals surface area contributed by atoms with Gasteiger partial charge in [-0.25, -0.2) is 0 Å². The van der Waals surface area contributed by atoms with Crippen molar-refractivity contribution >= 4 is 23.1 Å². The third kappa shape index (κ3) is 1.81. The molecule has 0 fully saturated rings. The fourth-order valence-electron chi connectivity index (χ4n) is 1.23. The number of amides is 1. The molecule has 6 heteroatoms. The molecule has 5 nitrogen and oxygen atoms in total. The Bertz CT molecular complexity index is 550. The van der Waals surface area contributed by atoms with E-state index in [2.05, 4.69) is 15.5 Å². The first-order chi connectivity index (χ1) is 7.72. The Labute approximate surface area is 95.7 Å². The minimum Gasteiger partial charge on any atom is -0.303 e. The number of hydrogen-bond acceptors (Lipinski definition) is 4. The number of H-pyrrole nitrogens is 1. The van der Waals surface area contributed by atoms with Crippen LogP contribution in [-0.4, -0.2) is 16.1 Å². The van der Waals surface area contributed by atoms with E-state index in [4.69, 9.17) is 5.26 Å². The molecule has 16 heavy (non-hydrogen) atoms. The fourth-order valence-corrected chi connectivity index (χ4v) is 1.85. The first-order valence-corrected chi connectivity index (χ1v) is 5.40. The Morgan fingerprint density at radius 3 is 3.12 bits per heavy atom. The molecule has 0 radical (unpaired) electrons. The molecular formula is C10H8N4OS. The number of carbonyl (C=O) groups excluding carboxylic acids is 1. The molecule has 0 unspecified atom stereocenters. The molecule has 2 heterocycles. The molecule has 1 amide bonds. The SMILES string of the molecule is Cc1[nH]nc(NC(=O)c2cccs2)c1C#N. The molecule has 0 aromatic carbocycles. The number of nitrogens with zero attached hydrogens (tertiary/aromatic N) is 2. The van der Waals surface area contributed by atoms with Gasteiger partial charge in [0, 0.05) is 0 Å². The summed E-state index contributed by atoms with van der Waals surface area (Å²) in [5, 5.41) is 19.8. The highest BCUT2D eigenvalue weighted by Crippen LogP contribution is 2.16. The van der Waals surface area contributed by atoms with E-state index in [1.807, 2.05) is 11.4 Å². The number of thiophene rings is 1. The zero-order valence-electron chi connectivity index (χ0n) is 8.44. The number of anilines is 1. The van der Waals surface area contributed by atoms with Crippen LogP contribution in [0.5, 0.6) is 0 Å². The Kier molecular flexibility index (Phi) is 2.70. The van der Waals surface area contributed by atoms with Crippen LogP contribution >= 0.6 is 11.3 Å². The van der Waals surface area contributed by atoms with E-state index in [1.54, 1.807) is 19.1 Å². The van der Waals surface area contributed by atoms with Gasteiger partial charge in [0.2, 0.25) is 0 Å². The second-order valence-corrected chi connectivity index (χ2v) is 4.06. The van der Waals surface area contributed by atoms with E-state index in [1.165, 1.54) is 11.3 Å². The summed E-state index contributed by atoms with van der Waals surface area (Å²) in [6.07, 6.45) is 0. The Morgan fingerprint density at radius 2 is 2.50 bits per heavy atom. The standard InChI is InChI=1S/C10H8N4OS/c1-6-7(5-11)9(14-13-6)12-10(15)8-3-2-4-16-8/h2-4H,1H3,(H2,12,13,14,15). The summed E-state index contributed by atoms with van der Waals surface area (Å²) in [4.78, 5) is 12.3. The van der Waals surface area contributed by atoms with Crippen LogP contribution in [0.2, 0.25) is 0 Å². The number of nitrogens with one attached hydrogen (secondary N) is 2. The fraction of sp³-hybridized carbons (Fsp3) is 0.100. The van der Waals surface area contributed by atoms with Crippen LogP contribution in [0.3, 0.4) is 0 Å². The topological polar surface area (TPSA) is 81.6 Å². The van der Waals surface area contributed by atoms with Gasteiger partial charge in [-0.05, 0) is 18.4 Å². The zero-order valence-corrected chi connectivity index (χ0v) is 9.26. The van der Waals surface area contributed by atoms with Gasteiger partial charge in [0.05, 0.1) is 10.6 Å². The third-order valence-electron chi connectivity index (χ3n) is 2.04. The number of nitriles is 1. The average Bonchev–Trinajstić information content (AvgIpc) is 2.88. The number of rotatable bonds is 2. The van der Waals surface area contributed by atoms with Crippen molar-refractivity contribution in [3.63, 3.8) is 0 Å². The number of hydrogen-bond donors (Lipinski definition) is 2. The van der Waals surface area contributed by atoms with Gasteiger partial charge in [0.1, 0.15) is 11.6 Å². The second kappa shape index (κ2) is 4.16. The van der Waals surface area contributed by atoms with Crippen molar-refractivity contribution in [1.29, 1.82) is 5.26 Å². The van der Waals surface area contributed by atoms with E-state index in [9.17, 15) is 4.79 Å². The lowest BCUT2D eigenvalue weighted by molar-refractivity contribution is 0.103. The number of carbonyl (C=O) groups is 1. The average molecular weight is 232 g/mol. The van der Waals surface area contributed by atoms with Gasteiger partial charge in [-0.1, -0.05) is 6.07 Å². The molecule has 2 rings (SSSR count). The molecule has 80 valence electrons. The summed E-state index contributed by atoms with van der Waals surface area (Å²) >= 11 is 1.34. The lowest BCUT2D eigenvalue weighted by Gasteiger charge is -1.98. The van der Waals surface area contributed by atoms with Crippen molar-refractivity contribution in [2.75, 3.05) is 5.32 Å². The van der Waals surface area contributed by atoms with Gasteiger partial charge >= 0.3 is 0 Å². The van der Waals surface area contributed by atoms with Crippen molar-refractivity contribution in [2.45, 2.75) is 6.92 Å². The molecule has 2 N–H and O–H groups in total. The van der Waals surface area contributed by atoms with Crippen molar-refractivity contribution < 1.29 is 4.79 Å². The highest BCUT2D eigenvalue weighted by Gasteiger charge is 2.14. The summed E-state index contributed by atoms with van der Waals surface area (Å²) in [6.45, 7) is 1.73. The van der Waals surface area contributed by atoms with Crippen LogP contribution in [0.4, 0.5) is 5.82 Å². The minimum absolute atomic E-state index is 0.252. The van der Waals surface area contributed by atoms with Crippen molar-refractivity contribution in [2.24, 2.45) is 0 Å². The number of aryl methyl sites for hydroxylation is 1. The predicted molar refractivity (Wildman–Crippen MR) is 60.3 cm³/mol. The molecule has 2 aromatic rings. The largest absolute Gasteiger partial charge is 0.303 e. The van der Waals surface area contributed by atoms with Crippen LogP contribution in [0, 0.1) is 18.3 Å². The van der Waals surface area contributed by atoms with Gasteiger partial charge in [0.25, 0.3) is 5.91 Å². The highest BCUT2D eigenvalue weighted by molar-refractivity contribution is 7.12. The molecule has 0 bridgehead atoms. The van der Waals surface area contributed by atoms with Gasteiger partial charge < -0.3 is 5.32 Å². The van der Waals surface area contributed by atoms with Crippen molar-refractivity contribution in [1.82, 2.24) is 10.2 Å². The van der Waals surface area contributed by atoms with E-state index < -0.39 is 0 Å². The molecule has 0 aliphatic rings. The number of aromatic amines is 1. The second-order valence-electron chi connectivity index (χ2n) is 3.12. The van der Waals surface area contributed by atoms with Crippen LogP contribution in [0.25, 0.3) is 0 Å². The molecular weight excluding hydrogens is 224 g/mol. The zero-order chi connectivity index (χ0) is 11.5. The molecule has 0 saturated heterocycles. The van der Waals surface area contributed by atoms with E-state index in [-0.39, 0.29) is 11.7 Å². The maximum absolute atomic E-state index is 11.7. The van der Waals surface area contributed by atoms with Gasteiger partial charge in [0.15, 0.2) is 5.82 Å². The smallest absolute Gasteiger partial charge is 0.266 e. The van der Waals surface area contributed by atoms with E-state index in [0.717, 1.165) is 0 Å². The highest BCUT2D eigenvalue weighted by atomic mass is 32.1. The van der Waals surface area contributed by atoms with Crippen molar-refractivity contribution in [3.05, 3.63) is 33.6 Å². The van der Waals surface area contributed by atoms with Crippen LogP contribution in [-0.2, 0) is 0 Å². The molecule has 0 aliphatic heterocycles. The summed E-state index contributed by atoms with van der Waals surface area (Å²) < 4.78 is 0. The summed E-state index contributed by atoms with van der Waals surface area (Å²) in [6, 6.07) is 5.50. The van der Waals surface area contributed by atoms with Gasteiger partial charge in [-0.2, -0.15) is 10.4 Å². The maximum atomic E-state index is 11.7. The maximum Gasteiger partial charge on any atom is 0.266 e. The molecule has 0 aliphatic carbocycles. The minimum atomic E-state index is -0.252. The normalized spacial score (nSPS) is 9.75.